The number of piperazine rings is 1. The van der Waals surface area contributed by atoms with Crippen LogP contribution < -0.4 is 16.0 Å². The highest BCUT2D eigenvalue weighted by Gasteiger charge is 2.14. The van der Waals surface area contributed by atoms with E-state index in [2.05, 4.69) is 39.6 Å². The molecule has 0 bridgehead atoms. The molecular formula is C14H33N5. The van der Waals surface area contributed by atoms with Crippen LogP contribution in [0.15, 0.2) is 0 Å². The molecule has 1 fully saturated rings. The van der Waals surface area contributed by atoms with Crippen molar-refractivity contribution in [1.82, 2.24) is 25.8 Å². The quantitative estimate of drug-likeness (QED) is 0.439. The summed E-state index contributed by atoms with van der Waals surface area (Å²) in [5.41, 5.74) is 0. The highest BCUT2D eigenvalue weighted by Crippen LogP contribution is 1.99. The lowest BCUT2D eigenvalue weighted by atomic mass is 10.3. The topological polar surface area (TPSA) is 42.6 Å². The molecule has 5 nitrogen and oxygen atoms in total. The Morgan fingerprint density at radius 2 is 1.21 bits per heavy atom. The fourth-order valence-electron chi connectivity index (χ4n) is 2.35. The van der Waals surface area contributed by atoms with Crippen molar-refractivity contribution in [3.8, 4) is 0 Å². The third kappa shape index (κ3) is 8.55. The largest absolute Gasteiger partial charge is 0.316 e. The Hall–Kier alpha value is -0.200. The summed E-state index contributed by atoms with van der Waals surface area (Å²) < 4.78 is 0. The summed E-state index contributed by atoms with van der Waals surface area (Å²) in [5.74, 6) is 0. The van der Waals surface area contributed by atoms with Gasteiger partial charge < -0.3 is 20.9 Å². The smallest absolute Gasteiger partial charge is 0.0110 e. The molecule has 0 aromatic rings. The predicted molar refractivity (Wildman–Crippen MR) is 82.8 cm³/mol. The van der Waals surface area contributed by atoms with Gasteiger partial charge in [0.1, 0.15) is 0 Å². The van der Waals surface area contributed by atoms with Crippen molar-refractivity contribution >= 4 is 0 Å². The Kier molecular flexibility index (Phi) is 10.3. The van der Waals surface area contributed by atoms with Crippen molar-refractivity contribution < 1.29 is 0 Å². The van der Waals surface area contributed by atoms with E-state index in [1.165, 1.54) is 39.3 Å². The van der Waals surface area contributed by atoms with Gasteiger partial charge in [-0.15, -0.1) is 0 Å². The Labute approximate surface area is 119 Å². The summed E-state index contributed by atoms with van der Waals surface area (Å²) in [6.45, 7) is 18.2. The van der Waals surface area contributed by atoms with Crippen molar-refractivity contribution in [3.63, 3.8) is 0 Å². The lowest BCUT2D eigenvalue weighted by Crippen LogP contribution is -2.48. The maximum absolute atomic E-state index is 3.51. The van der Waals surface area contributed by atoms with Gasteiger partial charge in [-0.25, -0.2) is 0 Å². The van der Waals surface area contributed by atoms with E-state index in [4.69, 9.17) is 0 Å². The number of rotatable bonds is 11. The standard InChI is InChI=1S/C14H33N5/c1-3-15-5-6-16-7-8-17-9-10-19-13-11-18(4-2)12-14-19/h15-17H,3-14H2,1-2H3. The molecule has 1 saturated heterocycles. The maximum Gasteiger partial charge on any atom is 0.0110 e. The van der Waals surface area contributed by atoms with Crippen LogP contribution in [0.2, 0.25) is 0 Å². The highest BCUT2D eigenvalue weighted by molar-refractivity contribution is 4.71. The van der Waals surface area contributed by atoms with Crippen LogP contribution in [0.25, 0.3) is 0 Å². The number of likely N-dealkylation sites (N-methyl/N-ethyl adjacent to an activating group) is 2. The van der Waals surface area contributed by atoms with Gasteiger partial charge in [0.2, 0.25) is 0 Å². The van der Waals surface area contributed by atoms with E-state index in [1.807, 2.05) is 0 Å². The van der Waals surface area contributed by atoms with Gasteiger partial charge in [-0.05, 0) is 13.1 Å². The molecule has 5 heteroatoms. The SMILES string of the molecule is CCNCCNCCNCCN1CCN(CC)CC1. The third-order valence-electron chi connectivity index (χ3n) is 3.72. The van der Waals surface area contributed by atoms with Crippen LogP contribution in [0.1, 0.15) is 13.8 Å². The van der Waals surface area contributed by atoms with Crippen LogP contribution >= 0.6 is 0 Å². The molecule has 19 heavy (non-hydrogen) atoms. The zero-order chi connectivity index (χ0) is 13.8. The van der Waals surface area contributed by atoms with Crippen LogP contribution in [-0.4, -0.2) is 88.3 Å². The number of nitrogens with zero attached hydrogens (tertiary/aromatic N) is 2. The first-order valence-electron chi connectivity index (χ1n) is 7.93. The van der Waals surface area contributed by atoms with Crippen molar-refractivity contribution in [2.24, 2.45) is 0 Å². The second kappa shape index (κ2) is 11.6. The molecule has 0 radical (unpaired) electrons. The molecule has 0 spiro atoms. The molecule has 0 saturated carbocycles. The van der Waals surface area contributed by atoms with E-state index < -0.39 is 0 Å². The molecule has 1 aliphatic rings. The van der Waals surface area contributed by atoms with Gasteiger partial charge in [0.25, 0.3) is 0 Å². The van der Waals surface area contributed by atoms with Crippen molar-refractivity contribution in [2.45, 2.75) is 13.8 Å². The van der Waals surface area contributed by atoms with Crippen LogP contribution in [0.5, 0.6) is 0 Å². The molecule has 0 atom stereocenters. The summed E-state index contributed by atoms with van der Waals surface area (Å²) >= 11 is 0. The molecule has 114 valence electrons. The van der Waals surface area contributed by atoms with Gasteiger partial charge in [0, 0.05) is 65.4 Å². The van der Waals surface area contributed by atoms with Gasteiger partial charge in [-0.3, -0.25) is 4.90 Å². The molecule has 0 aliphatic carbocycles. The molecule has 0 amide bonds. The fraction of sp³-hybridized carbons (Fsp3) is 1.00. The average Bonchev–Trinajstić information content (AvgIpc) is 2.46. The lowest BCUT2D eigenvalue weighted by Gasteiger charge is -2.34. The molecule has 1 aliphatic heterocycles. The van der Waals surface area contributed by atoms with Crippen LogP contribution in [-0.2, 0) is 0 Å². The molecule has 0 unspecified atom stereocenters. The van der Waals surface area contributed by atoms with Crippen molar-refractivity contribution in [2.75, 3.05) is 78.5 Å². The molecule has 0 aromatic carbocycles. The Morgan fingerprint density at radius 1 is 0.684 bits per heavy atom. The molecule has 1 rings (SSSR count). The average molecular weight is 271 g/mol. The molecule has 1 heterocycles. The van der Waals surface area contributed by atoms with Gasteiger partial charge in [0.15, 0.2) is 0 Å². The summed E-state index contributed by atoms with van der Waals surface area (Å²) in [5, 5.41) is 10.2. The number of hydrogen-bond acceptors (Lipinski definition) is 5. The lowest BCUT2D eigenvalue weighted by molar-refractivity contribution is 0.138. The Morgan fingerprint density at radius 3 is 1.79 bits per heavy atom. The van der Waals surface area contributed by atoms with Gasteiger partial charge in [0.05, 0.1) is 0 Å². The summed E-state index contributed by atoms with van der Waals surface area (Å²) in [6, 6.07) is 0. The highest BCUT2D eigenvalue weighted by atomic mass is 15.3. The first-order chi connectivity index (χ1) is 9.36. The third-order valence-corrected chi connectivity index (χ3v) is 3.72. The number of hydrogen-bond donors (Lipinski definition) is 3. The zero-order valence-electron chi connectivity index (χ0n) is 12.9. The fourth-order valence-corrected chi connectivity index (χ4v) is 2.35. The van der Waals surface area contributed by atoms with Crippen LogP contribution in [0, 0.1) is 0 Å². The summed E-state index contributed by atoms with van der Waals surface area (Å²) in [4.78, 5) is 5.09. The molecule has 3 N–H and O–H groups in total. The predicted octanol–water partition coefficient (Wildman–Crippen LogP) is -0.587. The normalized spacial score (nSPS) is 18.0. The van der Waals surface area contributed by atoms with Crippen LogP contribution in [0.4, 0.5) is 0 Å². The minimum Gasteiger partial charge on any atom is -0.316 e. The van der Waals surface area contributed by atoms with E-state index >= 15 is 0 Å². The number of nitrogens with one attached hydrogen (secondary N) is 3. The maximum atomic E-state index is 3.51. The Bertz CT molecular complexity index is 192. The van der Waals surface area contributed by atoms with E-state index in [1.54, 1.807) is 0 Å². The van der Waals surface area contributed by atoms with E-state index in [0.717, 1.165) is 39.3 Å². The zero-order valence-corrected chi connectivity index (χ0v) is 12.9. The Balaban J connectivity index is 1.81. The van der Waals surface area contributed by atoms with Gasteiger partial charge in [-0.1, -0.05) is 13.8 Å². The summed E-state index contributed by atoms with van der Waals surface area (Å²) in [6.07, 6.45) is 0. The second-order valence-corrected chi connectivity index (χ2v) is 5.13. The van der Waals surface area contributed by atoms with Gasteiger partial charge >= 0.3 is 0 Å². The van der Waals surface area contributed by atoms with Crippen LogP contribution in [0.3, 0.4) is 0 Å². The first kappa shape index (κ1) is 16.9. The minimum atomic E-state index is 1.06. The summed E-state index contributed by atoms with van der Waals surface area (Å²) in [7, 11) is 0. The van der Waals surface area contributed by atoms with Crippen molar-refractivity contribution in [3.05, 3.63) is 0 Å². The minimum absolute atomic E-state index is 1.06. The molecule has 0 aromatic heterocycles. The van der Waals surface area contributed by atoms with E-state index in [9.17, 15) is 0 Å². The van der Waals surface area contributed by atoms with Gasteiger partial charge in [-0.2, -0.15) is 0 Å². The second-order valence-electron chi connectivity index (χ2n) is 5.13. The van der Waals surface area contributed by atoms with Crippen molar-refractivity contribution in [1.29, 1.82) is 0 Å². The first-order valence-corrected chi connectivity index (χ1v) is 7.93. The van der Waals surface area contributed by atoms with E-state index in [0.29, 0.717) is 0 Å². The van der Waals surface area contributed by atoms with E-state index in [-0.39, 0.29) is 0 Å². The molecular weight excluding hydrogens is 238 g/mol. The monoisotopic (exact) mass is 271 g/mol.